The fraction of sp³-hybridized carbons (Fsp3) is 0.333. The third kappa shape index (κ3) is 5.90. The van der Waals surface area contributed by atoms with E-state index in [-0.39, 0.29) is 18.7 Å². The molecule has 0 aromatic heterocycles. The average molecular weight is 387 g/mol. The van der Waals surface area contributed by atoms with E-state index in [0.717, 1.165) is 11.3 Å². The first kappa shape index (κ1) is 21.1. The predicted octanol–water partition coefficient (Wildman–Crippen LogP) is 2.98. The van der Waals surface area contributed by atoms with Crippen LogP contribution in [0.4, 0.5) is 0 Å². The van der Waals surface area contributed by atoms with Crippen LogP contribution in [0.15, 0.2) is 42.5 Å². The minimum Gasteiger partial charge on any atom is -0.497 e. The fourth-order valence-corrected chi connectivity index (χ4v) is 2.82. The van der Waals surface area contributed by atoms with Crippen LogP contribution < -0.4 is 19.5 Å². The molecular formula is C21H25NO6. The summed E-state index contributed by atoms with van der Waals surface area (Å²) >= 11 is 0. The molecule has 0 spiro atoms. The molecule has 1 atom stereocenters. The third-order valence-electron chi connectivity index (χ3n) is 4.13. The lowest BCUT2D eigenvalue weighted by Gasteiger charge is -2.20. The van der Waals surface area contributed by atoms with Crippen molar-refractivity contribution < 1.29 is 28.9 Å². The van der Waals surface area contributed by atoms with E-state index in [0.29, 0.717) is 23.7 Å². The Morgan fingerprint density at radius 1 is 1.04 bits per heavy atom. The van der Waals surface area contributed by atoms with E-state index in [4.69, 9.17) is 14.2 Å². The van der Waals surface area contributed by atoms with Crippen LogP contribution in [0.2, 0.25) is 0 Å². The van der Waals surface area contributed by atoms with Crippen LogP contribution in [0, 0.1) is 0 Å². The summed E-state index contributed by atoms with van der Waals surface area (Å²) in [6.07, 6.45) is -0.140. The zero-order valence-corrected chi connectivity index (χ0v) is 16.2. The molecule has 1 amide bonds. The van der Waals surface area contributed by atoms with Gasteiger partial charge in [-0.1, -0.05) is 12.1 Å². The van der Waals surface area contributed by atoms with Crippen molar-refractivity contribution in [3.8, 4) is 17.2 Å². The lowest BCUT2D eigenvalue weighted by atomic mass is 10.0. The molecule has 0 radical (unpaired) electrons. The lowest BCUT2D eigenvalue weighted by molar-refractivity contribution is -0.137. The third-order valence-corrected chi connectivity index (χ3v) is 4.13. The van der Waals surface area contributed by atoms with Crippen LogP contribution in [0.5, 0.6) is 17.2 Å². The summed E-state index contributed by atoms with van der Waals surface area (Å²) in [4.78, 5) is 23.8. The molecule has 0 aliphatic heterocycles. The number of aliphatic carboxylic acids is 1. The molecular weight excluding hydrogens is 362 g/mol. The Hall–Kier alpha value is -3.22. The largest absolute Gasteiger partial charge is 0.497 e. The minimum absolute atomic E-state index is 0.126. The summed E-state index contributed by atoms with van der Waals surface area (Å²) in [6.45, 7) is 2.47. The second-order valence-electron chi connectivity index (χ2n) is 6.08. The number of hydrogen-bond donors (Lipinski definition) is 2. The molecule has 1 unspecified atom stereocenters. The summed E-state index contributed by atoms with van der Waals surface area (Å²) in [6, 6.07) is 11.5. The number of nitrogens with one attached hydrogen (secondary N) is 1. The van der Waals surface area contributed by atoms with Crippen molar-refractivity contribution in [3.63, 3.8) is 0 Å². The zero-order valence-electron chi connectivity index (χ0n) is 16.2. The van der Waals surface area contributed by atoms with Gasteiger partial charge in [-0.2, -0.15) is 0 Å². The number of hydrogen-bond acceptors (Lipinski definition) is 5. The molecule has 0 heterocycles. The molecule has 7 heteroatoms. The summed E-state index contributed by atoms with van der Waals surface area (Å²) < 4.78 is 15.9. The molecule has 0 saturated carbocycles. The lowest BCUT2D eigenvalue weighted by Crippen LogP contribution is -2.31. The number of rotatable bonds is 10. The first-order valence-corrected chi connectivity index (χ1v) is 8.91. The maximum absolute atomic E-state index is 12.5. The first-order valence-electron chi connectivity index (χ1n) is 8.91. The Bertz CT molecular complexity index is 803. The number of carbonyl (C=O) groups excluding carboxylic acids is 1. The normalized spacial score (nSPS) is 11.4. The summed E-state index contributed by atoms with van der Waals surface area (Å²) in [5.74, 6) is 0.457. The molecule has 0 aliphatic carbocycles. The van der Waals surface area contributed by atoms with Crippen LogP contribution >= 0.6 is 0 Å². The molecule has 0 fully saturated rings. The highest BCUT2D eigenvalue weighted by Crippen LogP contribution is 2.31. The molecule has 150 valence electrons. The fourth-order valence-electron chi connectivity index (χ4n) is 2.82. The van der Waals surface area contributed by atoms with Gasteiger partial charge in [-0.05, 0) is 36.8 Å². The summed E-state index contributed by atoms with van der Waals surface area (Å²) in [7, 11) is 3.01. The van der Waals surface area contributed by atoms with Gasteiger partial charge in [0.25, 0.3) is 0 Å². The van der Waals surface area contributed by atoms with Gasteiger partial charge < -0.3 is 24.6 Å². The number of ether oxygens (including phenoxy) is 3. The van der Waals surface area contributed by atoms with Crippen LogP contribution in [-0.2, 0) is 16.0 Å². The minimum atomic E-state index is -1.02. The molecule has 0 aliphatic rings. The van der Waals surface area contributed by atoms with Gasteiger partial charge in [-0.3, -0.25) is 9.59 Å². The Morgan fingerprint density at radius 2 is 1.71 bits per heavy atom. The highest BCUT2D eigenvalue weighted by molar-refractivity contribution is 5.80. The number of carboxylic acid groups (broad SMARTS) is 1. The van der Waals surface area contributed by atoms with Crippen molar-refractivity contribution in [1.29, 1.82) is 0 Å². The SMILES string of the molecule is CCOc1ccc(CC(=O)NC(CC(=O)O)c2ccc(OC)cc2OC)cc1. The molecule has 0 bridgehead atoms. The van der Waals surface area contributed by atoms with Crippen molar-refractivity contribution >= 4 is 11.9 Å². The second-order valence-corrected chi connectivity index (χ2v) is 6.08. The van der Waals surface area contributed by atoms with E-state index < -0.39 is 12.0 Å². The average Bonchev–Trinajstić information content (AvgIpc) is 2.68. The Labute approximate surface area is 164 Å². The van der Waals surface area contributed by atoms with Crippen molar-refractivity contribution in [2.75, 3.05) is 20.8 Å². The van der Waals surface area contributed by atoms with Gasteiger partial charge in [0.05, 0.1) is 39.7 Å². The van der Waals surface area contributed by atoms with Gasteiger partial charge in [0.15, 0.2) is 0 Å². The van der Waals surface area contributed by atoms with Gasteiger partial charge in [0.2, 0.25) is 5.91 Å². The predicted molar refractivity (Wildman–Crippen MR) is 104 cm³/mol. The highest BCUT2D eigenvalue weighted by Gasteiger charge is 2.22. The second kappa shape index (κ2) is 10.2. The van der Waals surface area contributed by atoms with Crippen LogP contribution in [0.3, 0.4) is 0 Å². The van der Waals surface area contributed by atoms with E-state index in [9.17, 15) is 14.7 Å². The Balaban J connectivity index is 2.15. The van der Waals surface area contributed by atoms with E-state index in [1.54, 1.807) is 30.3 Å². The quantitative estimate of drug-likeness (QED) is 0.651. The molecule has 2 N–H and O–H groups in total. The van der Waals surface area contributed by atoms with Crippen LogP contribution in [0.25, 0.3) is 0 Å². The molecule has 2 rings (SSSR count). The van der Waals surface area contributed by atoms with Gasteiger partial charge in [-0.15, -0.1) is 0 Å². The Morgan fingerprint density at radius 3 is 2.29 bits per heavy atom. The molecule has 0 saturated heterocycles. The van der Waals surface area contributed by atoms with Crippen LogP contribution in [-0.4, -0.2) is 37.8 Å². The number of carbonyl (C=O) groups is 2. The van der Waals surface area contributed by atoms with Gasteiger partial charge in [0.1, 0.15) is 17.2 Å². The smallest absolute Gasteiger partial charge is 0.305 e. The molecule has 2 aromatic carbocycles. The molecule has 7 nitrogen and oxygen atoms in total. The number of methoxy groups -OCH3 is 2. The van der Waals surface area contributed by atoms with Crippen molar-refractivity contribution in [3.05, 3.63) is 53.6 Å². The van der Waals surface area contributed by atoms with E-state index in [1.807, 2.05) is 19.1 Å². The summed E-state index contributed by atoms with van der Waals surface area (Å²) in [5.41, 5.74) is 1.38. The van der Waals surface area contributed by atoms with E-state index >= 15 is 0 Å². The first-order chi connectivity index (χ1) is 13.5. The van der Waals surface area contributed by atoms with Crippen molar-refractivity contribution in [2.24, 2.45) is 0 Å². The van der Waals surface area contributed by atoms with Gasteiger partial charge >= 0.3 is 5.97 Å². The topological polar surface area (TPSA) is 94.1 Å². The van der Waals surface area contributed by atoms with Crippen molar-refractivity contribution in [2.45, 2.75) is 25.8 Å². The molecule has 28 heavy (non-hydrogen) atoms. The van der Waals surface area contributed by atoms with E-state index in [1.165, 1.54) is 14.2 Å². The maximum Gasteiger partial charge on any atom is 0.305 e. The highest BCUT2D eigenvalue weighted by atomic mass is 16.5. The summed E-state index contributed by atoms with van der Waals surface area (Å²) in [5, 5.41) is 12.1. The van der Waals surface area contributed by atoms with Crippen LogP contribution in [0.1, 0.15) is 30.5 Å². The number of carboxylic acids is 1. The molecule has 2 aromatic rings. The maximum atomic E-state index is 12.5. The monoisotopic (exact) mass is 387 g/mol. The van der Waals surface area contributed by atoms with E-state index in [2.05, 4.69) is 5.32 Å². The standard InChI is InChI=1S/C21H25NO6/c1-4-28-15-7-5-14(6-8-15)11-20(23)22-18(13-21(24)25)17-10-9-16(26-2)12-19(17)27-3/h5-10,12,18H,4,11,13H2,1-3H3,(H,22,23)(H,24,25). The Kier molecular flexibility index (Phi) is 7.68. The van der Waals surface area contributed by atoms with Gasteiger partial charge in [-0.25, -0.2) is 0 Å². The zero-order chi connectivity index (χ0) is 20.5. The number of amides is 1. The van der Waals surface area contributed by atoms with Crippen molar-refractivity contribution in [1.82, 2.24) is 5.32 Å². The number of benzene rings is 2. The van der Waals surface area contributed by atoms with Gasteiger partial charge in [0, 0.05) is 11.6 Å².